The molecule has 0 saturated carbocycles. The quantitative estimate of drug-likeness (QED) is 0.412. The summed E-state index contributed by atoms with van der Waals surface area (Å²) in [5.74, 6) is 0.00269. The van der Waals surface area contributed by atoms with Gasteiger partial charge < -0.3 is 19.5 Å². The van der Waals surface area contributed by atoms with E-state index in [1.165, 1.54) is 47.4 Å². The summed E-state index contributed by atoms with van der Waals surface area (Å²) in [5.41, 5.74) is 1.37. The number of halogens is 1. The highest BCUT2D eigenvalue weighted by Crippen LogP contribution is 2.30. The Morgan fingerprint density at radius 3 is 2.42 bits per heavy atom. The standard InChI is InChI=1S/C29H36FN5O5/c1-18(2)31-28(36)15-27-32-35(29(37)34(27)20-9-10-24(30)26(13-20)39-4)21-6-5-19(25(14-21)38-3)11-12-33-22-7-8-23(33)17-40-16-22/h5-6,9-10,13-14,18,22-23H,7-8,11-12,15-17H2,1-4H3,(H,31,36). The van der Waals surface area contributed by atoms with E-state index in [0.29, 0.717) is 29.2 Å². The molecule has 2 aliphatic rings. The fourth-order valence-electron chi connectivity index (χ4n) is 5.65. The first-order chi connectivity index (χ1) is 19.3. The van der Waals surface area contributed by atoms with Crippen LogP contribution in [0.15, 0.2) is 41.2 Å². The van der Waals surface area contributed by atoms with Gasteiger partial charge in [-0.3, -0.25) is 9.69 Å². The molecule has 2 fully saturated rings. The molecule has 2 unspecified atom stereocenters. The third kappa shape index (κ3) is 5.62. The molecule has 2 atom stereocenters. The van der Waals surface area contributed by atoms with Gasteiger partial charge in [0, 0.05) is 36.8 Å². The van der Waals surface area contributed by atoms with E-state index in [9.17, 15) is 14.0 Å². The molecule has 2 saturated heterocycles. The molecule has 1 aromatic heterocycles. The molecule has 10 nitrogen and oxygen atoms in total. The molecular weight excluding hydrogens is 517 g/mol. The number of methoxy groups -OCH3 is 2. The lowest BCUT2D eigenvalue weighted by molar-refractivity contribution is -0.121. The van der Waals surface area contributed by atoms with Crippen molar-refractivity contribution in [3.8, 4) is 22.9 Å². The molecule has 11 heteroatoms. The lowest BCUT2D eigenvalue weighted by Gasteiger charge is -2.34. The molecule has 3 aromatic rings. The smallest absolute Gasteiger partial charge is 0.355 e. The topological polar surface area (TPSA) is 99.8 Å². The summed E-state index contributed by atoms with van der Waals surface area (Å²) in [6, 6.07) is 10.5. The van der Waals surface area contributed by atoms with E-state index in [-0.39, 0.29) is 29.9 Å². The minimum absolute atomic E-state index is 0.0190. The molecule has 0 radical (unpaired) electrons. The van der Waals surface area contributed by atoms with Crippen molar-refractivity contribution in [1.82, 2.24) is 24.6 Å². The average Bonchev–Trinajstić information content (AvgIpc) is 3.36. The first-order valence-electron chi connectivity index (χ1n) is 13.6. The molecule has 40 heavy (non-hydrogen) atoms. The van der Waals surface area contributed by atoms with E-state index in [0.717, 1.165) is 31.7 Å². The molecule has 2 aromatic carbocycles. The van der Waals surface area contributed by atoms with Crippen LogP contribution in [0.5, 0.6) is 11.5 Å². The fraction of sp³-hybridized carbons (Fsp3) is 0.483. The summed E-state index contributed by atoms with van der Waals surface area (Å²) in [6.07, 6.45) is 3.00. The maximum atomic E-state index is 14.1. The Balaban J connectivity index is 1.47. The van der Waals surface area contributed by atoms with Gasteiger partial charge in [0.15, 0.2) is 11.6 Å². The minimum atomic E-state index is -0.559. The Hall–Kier alpha value is -3.70. The number of aromatic nitrogens is 3. The summed E-state index contributed by atoms with van der Waals surface area (Å²) >= 11 is 0. The molecule has 214 valence electrons. The Morgan fingerprint density at radius 2 is 1.75 bits per heavy atom. The van der Waals surface area contributed by atoms with Crippen molar-refractivity contribution in [2.75, 3.05) is 34.0 Å². The van der Waals surface area contributed by atoms with Crippen LogP contribution >= 0.6 is 0 Å². The Bertz CT molecular complexity index is 1420. The fourth-order valence-corrected chi connectivity index (χ4v) is 5.65. The Labute approximate surface area is 232 Å². The number of benzene rings is 2. The van der Waals surface area contributed by atoms with Crippen LogP contribution in [0.1, 0.15) is 38.1 Å². The second kappa shape index (κ2) is 11.8. The zero-order chi connectivity index (χ0) is 28.4. The molecule has 5 rings (SSSR count). The van der Waals surface area contributed by atoms with E-state index in [1.54, 1.807) is 13.2 Å². The van der Waals surface area contributed by atoms with Crippen LogP contribution in [0.3, 0.4) is 0 Å². The molecule has 0 spiro atoms. The number of nitrogens with zero attached hydrogens (tertiary/aromatic N) is 4. The number of carbonyl (C=O) groups is 1. The summed E-state index contributed by atoms with van der Waals surface area (Å²) < 4.78 is 33.2. The average molecular weight is 554 g/mol. The lowest BCUT2D eigenvalue weighted by atomic mass is 10.1. The van der Waals surface area contributed by atoms with Crippen LogP contribution in [0.4, 0.5) is 4.39 Å². The van der Waals surface area contributed by atoms with E-state index in [1.807, 2.05) is 26.0 Å². The van der Waals surface area contributed by atoms with Crippen molar-refractivity contribution in [1.29, 1.82) is 0 Å². The summed E-state index contributed by atoms with van der Waals surface area (Å²) in [6.45, 7) is 6.19. The number of hydrogen-bond donors (Lipinski definition) is 1. The second-order valence-corrected chi connectivity index (χ2v) is 10.6. The Kier molecular flexibility index (Phi) is 8.22. The third-order valence-corrected chi connectivity index (χ3v) is 7.55. The molecular formula is C29H36FN5O5. The first-order valence-corrected chi connectivity index (χ1v) is 13.6. The summed E-state index contributed by atoms with van der Waals surface area (Å²) in [4.78, 5) is 28.9. The van der Waals surface area contributed by atoms with Gasteiger partial charge in [-0.15, -0.1) is 5.10 Å². The van der Waals surface area contributed by atoms with Crippen LogP contribution in [0, 0.1) is 5.82 Å². The predicted octanol–water partition coefficient (Wildman–Crippen LogP) is 2.65. The summed E-state index contributed by atoms with van der Waals surface area (Å²) in [5, 5.41) is 7.36. The third-order valence-electron chi connectivity index (χ3n) is 7.55. The van der Waals surface area contributed by atoms with Gasteiger partial charge in [0.1, 0.15) is 11.6 Å². The van der Waals surface area contributed by atoms with E-state index >= 15 is 0 Å². The van der Waals surface area contributed by atoms with Crippen molar-refractivity contribution >= 4 is 5.91 Å². The maximum absolute atomic E-state index is 14.1. The van der Waals surface area contributed by atoms with Gasteiger partial charge in [0.25, 0.3) is 0 Å². The first kappa shape index (κ1) is 27.9. The molecule has 2 bridgehead atoms. The van der Waals surface area contributed by atoms with Gasteiger partial charge in [-0.25, -0.2) is 13.8 Å². The van der Waals surface area contributed by atoms with E-state index in [4.69, 9.17) is 14.2 Å². The molecule has 3 heterocycles. The predicted molar refractivity (Wildman–Crippen MR) is 147 cm³/mol. The summed E-state index contributed by atoms with van der Waals surface area (Å²) in [7, 11) is 2.96. The number of ether oxygens (including phenoxy) is 3. The van der Waals surface area contributed by atoms with Crippen LogP contribution in [-0.2, 0) is 22.4 Å². The van der Waals surface area contributed by atoms with Crippen LogP contribution in [0.2, 0.25) is 0 Å². The molecule has 0 aliphatic carbocycles. The number of fused-ring (bicyclic) bond motifs is 2. The zero-order valence-corrected chi connectivity index (χ0v) is 23.4. The van der Waals surface area contributed by atoms with Gasteiger partial charge in [-0.1, -0.05) is 6.07 Å². The molecule has 1 N–H and O–H groups in total. The van der Waals surface area contributed by atoms with Gasteiger partial charge in [-0.2, -0.15) is 4.68 Å². The van der Waals surface area contributed by atoms with E-state index < -0.39 is 11.5 Å². The van der Waals surface area contributed by atoms with Crippen molar-refractivity contribution in [3.05, 3.63) is 64.1 Å². The maximum Gasteiger partial charge on any atom is 0.355 e. The monoisotopic (exact) mass is 553 g/mol. The zero-order valence-electron chi connectivity index (χ0n) is 23.4. The normalized spacial score (nSPS) is 18.8. The van der Waals surface area contributed by atoms with Crippen LogP contribution in [0.25, 0.3) is 11.4 Å². The molecule has 1 amide bonds. The number of nitrogens with one attached hydrogen (secondary N) is 1. The van der Waals surface area contributed by atoms with Crippen molar-refractivity contribution in [3.63, 3.8) is 0 Å². The number of morpholine rings is 1. The highest BCUT2D eigenvalue weighted by atomic mass is 19.1. The SMILES string of the molecule is COc1cc(-n2c(CC(=O)NC(C)C)nn(-c3ccc(CCN4C5CCC4COC5)c(OC)c3)c2=O)ccc1F. The number of rotatable bonds is 10. The number of amides is 1. The van der Waals surface area contributed by atoms with Crippen molar-refractivity contribution < 1.29 is 23.4 Å². The largest absolute Gasteiger partial charge is 0.496 e. The second-order valence-electron chi connectivity index (χ2n) is 10.6. The van der Waals surface area contributed by atoms with Crippen LogP contribution < -0.4 is 20.5 Å². The minimum Gasteiger partial charge on any atom is -0.496 e. The Morgan fingerprint density at radius 1 is 1.07 bits per heavy atom. The number of carbonyl (C=O) groups excluding carboxylic acids is 1. The lowest BCUT2D eigenvalue weighted by Crippen LogP contribution is -2.46. The van der Waals surface area contributed by atoms with Crippen molar-refractivity contribution in [2.24, 2.45) is 0 Å². The van der Waals surface area contributed by atoms with Gasteiger partial charge in [0.2, 0.25) is 5.91 Å². The van der Waals surface area contributed by atoms with E-state index in [2.05, 4.69) is 15.3 Å². The van der Waals surface area contributed by atoms with Crippen molar-refractivity contribution in [2.45, 2.75) is 57.7 Å². The van der Waals surface area contributed by atoms with Gasteiger partial charge >= 0.3 is 5.69 Å². The van der Waals surface area contributed by atoms with Crippen LogP contribution in [-0.4, -0.2) is 77.3 Å². The highest BCUT2D eigenvalue weighted by Gasteiger charge is 2.36. The number of hydrogen-bond acceptors (Lipinski definition) is 7. The molecule has 2 aliphatic heterocycles. The highest BCUT2D eigenvalue weighted by molar-refractivity contribution is 5.78. The van der Waals surface area contributed by atoms with Gasteiger partial charge in [-0.05, 0) is 56.9 Å². The van der Waals surface area contributed by atoms with Gasteiger partial charge in [0.05, 0.1) is 45.2 Å².